The molecule has 1 aromatic rings. The van der Waals surface area contributed by atoms with Gasteiger partial charge in [0.05, 0.1) is 17.7 Å². The van der Waals surface area contributed by atoms with E-state index in [4.69, 9.17) is 5.26 Å². The molecule has 0 aliphatic carbocycles. The Balaban J connectivity index is 3.57. The summed E-state index contributed by atoms with van der Waals surface area (Å²) in [5, 5.41) is 8.64. The molecule has 0 radical (unpaired) electrons. The van der Waals surface area contributed by atoms with Gasteiger partial charge in [0.25, 0.3) is 6.43 Å². The third-order valence-electron chi connectivity index (χ3n) is 2.14. The van der Waals surface area contributed by atoms with Crippen molar-refractivity contribution in [3.63, 3.8) is 0 Å². The molecule has 20 heavy (non-hydrogen) atoms. The van der Waals surface area contributed by atoms with E-state index in [-0.39, 0.29) is 6.61 Å². The summed E-state index contributed by atoms with van der Waals surface area (Å²) in [5.41, 5.74) is -5.01. The molecule has 0 bridgehead atoms. The van der Waals surface area contributed by atoms with Crippen LogP contribution in [0.1, 0.15) is 40.7 Å². The fraction of sp³-hybridized carbons (Fsp3) is 0.364. The maximum Gasteiger partial charge on any atom is 0.434 e. The average molecular weight is 294 g/mol. The number of carbonyl (C=O) groups is 1. The Morgan fingerprint density at radius 3 is 2.50 bits per heavy atom. The van der Waals surface area contributed by atoms with E-state index in [2.05, 4.69) is 9.72 Å². The minimum Gasteiger partial charge on any atom is -0.462 e. The molecule has 4 nitrogen and oxygen atoms in total. The van der Waals surface area contributed by atoms with E-state index in [0.29, 0.717) is 6.07 Å². The van der Waals surface area contributed by atoms with Crippen LogP contribution in [0.3, 0.4) is 0 Å². The lowest BCUT2D eigenvalue weighted by molar-refractivity contribution is -0.142. The number of carbonyl (C=O) groups excluding carboxylic acids is 1. The van der Waals surface area contributed by atoms with Crippen LogP contribution in [-0.4, -0.2) is 17.6 Å². The Morgan fingerprint density at radius 1 is 1.50 bits per heavy atom. The number of esters is 1. The monoisotopic (exact) mass is 294 g/mol. The van der Waals surface area contributed by atoms with E-state index < -0.39 is 41.1 Å². The van der Waals surface area contributed by atoms with Crippen molar-refractivity contribution in [3.05, 3.63) is 28.6 Å². The maximum absolute atomic E-state index is 12.7. The van der Waals surface area contributed by atoms with Crippen LogP contribution in [0.2, 0.25) is 0 Å². The molecule has 0 atom stereocenters. The average Bonchev–Trinajstić information content (AvgIpc) is 2.36. The Bertz CT molecular complexity index is 563. The molecule has 0 fully saturated rings. The minimum absolute atomic E-state index is 0.214. The Labute approximate surface area is 109 Å². The van der Waals surface area contributed by atoms with Gasteiger partial charge in [-0.2, -0.15) is 18.4 Å². The van der Waals surface area contributed by atoms with Crippen LogP contribution in [0, 0.1) is 11.3 Å². The summed E-state index contributed by atoms with van der Waals surface area (Å²) < 4.78 is 67.7. The second-order valence-electron chi connectivity index (χ2n) is 3.45. The highest BCUT2D eigenvalue weighted by Gasteiger charge is 2.39. The Kier molecular flexibility index (Phi) is 4.60. The van der Waals surface area contributed by atoms with Crippen LogP contribution in [0.25, 0.3) is 0 Å². The summed E-state index contributed by atoms with van der Waals surface area (Å²) in [5.74, 6) is -1.38. The first-order chi connectivity index (χ1) is 9.22. The molecule has 1 aromatic heterocycles. The van der Waals surface area contributed by atoms with Gasteiger partial charge in [0.15, 0.2) is 5.69 Å². The van der Waals surface area contributed by atoms with Crippen LogP contribution >= 0.6 is 0 Å². The molecule has 0 saturated carbocycles. The third-order valence-corrected chi connectivity index (χ3v) is 2.14. The third kappa shape index (κ3) is 3.20. The second-order valence-corrected chi connectivity index (χ2v) is 3.45. The number of hydrogen-bond donors (Lipinski definition) is 0. The number of pyridine rings is 1. The summed E-state index contributed by atoms with van der Waals surface area (Å²) in [6.07, 6.45) is -8.50. The SMILES string of the molecule is CCOC(=O)c1cc(C#N)c(C(F)F)nc1C(F)(F)F. The first-order valence-electron chi connectivity index (χ1n) is 5.19. The lowest BCUT2D eigenvalue weighted by Crippen LogP contribution is -2.19. The van der Waals surface area contributed by atoms with Crippen molar-refractivity contribution in [2.45, 2.75) is 19.5 Å². The van der Waals surface area contributed by atoms with Crippen LogP contribution in [0.4, 0.5) is 22.0 Å². The van der Waals surface area contributed by atoms with Crippen molar-refractivity contribution in [2.24, 2.45) is 0 Å². The predicted molar refractivity (Wildman–Crippen MR) is 54.9 cm³/mol. The van der Waals surface area contributed by atoms with Crippen LogP contribution in [0.5, 0.6) is 0 Å². The van der Waals surface area contributed by atoms with E-state index in [1.54, 1.807) is 0 Å². The van der Waals surface area contributed by atoms with E-state index >= 15 is 0 Å². The van der Waals surface area contributed by atoms with Gasteiger partial charge in [-0.3, -0.25) is 0 Å². The molecule has 0 spiro atoms. The highest BCUT2D eigenvalue weighted by molar-refractivity contribution is 5.91. The van der Waals surface area contributed by atoms with Crippen molar-refractivity contribution in [1.29, 1.82) is 5.26 Å². The largest absolute Gasteiger partial charge is 0.462 e. The van der Waals surface area contributed by atoms with Gasteiger partial charge in [0.1, 0.15) is 11.8 Å². The van der Waals surface area contributed by atoms with Crippen molar-refractivity contribution in [2.75, 3.05) is 6.61 Å². The lowest BCUT2D eigenvalue weighted by Gasteiger charge is -2.13. The van der Waals surface area contributed by atoms with Crippen LogP contribution in [0.15, 0.2) is 6.07 Å². The van der Waals surface area contributed by atoms with E-state index in [1.165, 1.54) is 13.0 Å². The van der Waals surface area contributed by atoms with Gasteiger partial charge in [-0.1, -0.05) is 0 Å². The van der Waals surface area contributed by atoms with Gasteiger partial charge in [-0.25, -0.2) is 18.6 Å². The minimum atomic E-state index is -5.13. The molecule has 0 unspecified atom stereocenters. The summed E-state index contributed by atoms with van der Waals surface area (Å²) in [6, 6.07) is 1.69. The van der Waals surface area contributed by atoms with Gasteiger partial charge >= 0.3 is 12.1 Å². The van der Waals surface area contributed by atoms with Gasteiger partial charge in [-0.15, -0.1) is 0 Å². The molecule has 1 heterocycles. The normalized spacial score (nSPS) is 11.3. The molecular weight excluding hydrogens is 287 g/mol. The molecule has 108 valence electrons. The van der Waals surface area contributed by atoms with E-state index in [0.717, 1.165) is 0 Å². The zero-order valence-corrected chi connectivity index (χ0v) is 9.96. The quantitative estimate of drug-likeness (QED) is 0.635. The molecule has 0 aliphatic rings. The van der Waals surface area contributed by atoms with E-state index in [9.17, 15) is 26.7 Å². The first-order valence-corrected chi connectivity index (χ1v) is 5.19. The fourth-order valence-electron chi connectivity index (χ4n) is 1.36. The highest BCUT2D eigenvalue weighted by Crippen LogP contribution is 2.34. The zero-order valence-electron chi connectivity index (χ0n) is 9.96. The van der Waals surface area contributed by atoms with Gasteiger partial charge < -0.3 is 4.74 Å². The zero-order chi connectivity index (χ0) is 15.5. The molecular formula is C11H7F5N2O2. The lowest BCUT2D eigenvalue weighted by atomic mass is 10.1. The van der Waals surface area contributed by atoms with Crippen molar-refractivity contribution in [1.82, 2.24) is 4.98 Å². The molecule has 0 aliphatic heterocycles. The van der Waals surface area contributed by atoms with E-state index in [1.807, 2.05) is 0 Å². The van der Waals surface area contributed by atoms with Crippen LogP contribution in [-0.2, 0) is 10.9 Å². The number of ether oxygens (including phenoxy) is 1. The predicted octanol–water partition coefficient (Wildman–Crippen LogP) is 3.09. The number of hydrogen-bond acceptors (Lipinski definition) is 4. The molecule has 9 heteroatoms. The maximum atomic E-state index is 12.7. The Morgan fingerprint density at radius 2 is 2.10 bits per heavy atom. The van der Waals surface area contributed by atoms with Crippen molar-refractivity contribution < 1.29 is 31.5 Å². The van der Waals surface area contributed by atoms with Crippen LogP contribution < -0.4 is 0 Å². The standard InChI is InChI=1S/C11H7F5N2O2/c1-2-20-10(19)6-3-5(4-17)7(9(12)13)18-8(6)11(14,15)16/h3,9H,2H2,1H3. The number of nitriles is 1. The molecule has 0 amide bonds. The molecule has 0 N–H and O–H groups in total. The Hall–Kier alpha value is -2.24. The number of nitrogens with zero attached hydrogens (tertiary/aromatic N) is 2. The second kappa shape index (κ2) is 5.81. The molecule has 1 rings (SSSR count). The summed E-state index contributed by atoms with van der Waals surface area (Å²) in [7, 11) is 0. The number of halogens is 5. The fourth-order valence-corrected chi connectivity index (χ4v) is 1.36. The summed E-state index contributed by atoms with van der Waals surface area (Å²) in [4.78, 5) is 14.1. The number of alkyl halides is 5. The van der Waals surface area contributed by atoms with Crippen molar-refractivity contribution >= 4 is 5.97 Å². The van der Waals surface area contributed by atoms with Gasteiger partial charge in [0, 0.05) is 0 Å². The highest BCUT2D eigenvalue weighted by atomic mass is 19.4. The van der Waals surface area contributed by atoms with Gasteiger partial charge in [-0.05, 0) is 13.0 Å². The summed E-state index contributed by atoms with van der Waals surface area (Å²) in [6.45, 7) is 1.14. The van der Waals surface area contributed by atoms with Gasteiger partial charge in [0.2, 0.25) is 0 Å². The smallest absolute Gasteiger partial charge is 0.434 e. The number of aromatic nitrogens is 1. The first kappa shape index (κ1) is 15.8. The topological polar surface area (TPSA) is 63.0 Å². The van der Waals surface area contributed by atoms with Crippen molar-refractivity contribution in [3.8, 4) is 6.07 Å². The molecule has 0 aromatic carbocycles. The summed E-state index contributed by atoms with van der Waals surface area (Å²) >= 11 is 0. The molecule has 0 saturated heterocycles. The number of rotatable bonds is 3.